The molecule has 118 valence electrons. The zero-order valence-electron chi connectivity index (χ0n) is 12.9. The highest BCUT2D eigenvalue weighted by molar-refractivity contribution is 9.09. The first-order chi connectivity index (χ1) is 10.3. The number of hydrazone groups is 1. The summed E-state index contributed by atoms with van der Waals surface area (Å²) < 4.78 is 0. The number of anilines is 1. The van der Waals surface area contributed by atoms with Gasteiger partial charge in [0.2, 0.25) is 11.8 Å². The van der Waals surface area contributed by atoms with Gasteiger partial charge in [-0.15, -0.1) is 0 Å². The normalized spacial score (nSPS) is 18.5. The highest BCUT2D eigenvalue weighted by atomic mass is 79.9. The van der Waals surface area contributed by atoms with Gasteiger partial charge in [-0.3, -0.25) is 9.59 Å². The molecule has 2 rings (SSSR count). The number of rotatable bonds is 4. The van der Waals surface area contributed by atoms with E-state index in [1.807, 2.05) is 45.0 Å². The van der Waals surface area contributed by atoms with Gasteiger partial charge >= 0.3 is 0 Å². The molecule has 0 fully saturated rings. The Labute approximate surface area is 138 Å². The summed E-state index contributed by atoms with van der Waals surface area (Å²) in [5, 5.41) is 7.63. The van der Waals surface area contributed by atoms with E-state index in [-0.39, 0.29) is 17.7 Å². The number of carbonyl (C=O) groups excluding carboxylic acids is 2. The summed E-state index contributed by atoms with van der Waals surface area (Å²) in [6, 6.07) is 7.51. The Hall–Kier alpha value is -1.69. The van der Waals surface area contributed by atoms with Gasteiger partial charge < -0.3 is 5.32 Å². The van der Waals surface area contributed by atoms with Gasteiger partial charge in [0.25, 0.3) is 0 Å². The van der Waals surface area contributed by atoms with Crippen LogP contribution in [0.2, 0.25) is 0 Å². The third-order valence-electron chi connectivity index (χ3n) is 3.65. The molecule has 6 heteroatoms. The van der Waals surface area contributed by atoms with E-state index < -0.39 is 5.41 Å². The summed E-state index contributed by atoms with van der Waals surface area (Å²) in [5.41, 5.74) is 4.60. The molecule has 2 amide bonds. The van der Waals surface area contributed by atoms with Crippen molar-refractivity contribution in [2.24, 2.45) is 16.4 Å². The summed E-state index contributed by atoms with van der Waals surface area (Å²) >= 11 is 3.35. The van der Waals surface area contributed by atoms with Crippen molar-refractivity contribution in [3.8, 4) is 0 Å². The fourth-order valence-corrected chi connectivity index (χ4v) is 2.34. The first-order valence-electron chi connectivity index (χ1n) is 7.18. The van der Waals surface area contributed by atoms with Crippen molar-refractivity contribution in [2.75, 3.05) is 10.6 Å². The Morgan fingerprint density at radius 2 is 2.05 bits per heavy atom. The lowest BCUT2D eigenvalue weighted by molar-refractivity contribution is -0.123. The second kappa shape index (κ2) is 6.60. The molecule has 5 nitrogen and oxygen atoms in total. The maximum Gasteiger partial charge on any atom is 0.240 e. The molecule has 0 spiro atoms. The standard InChI is InChI=1S/C16H20BrN3O2/c1-10-8-13(21)19-20-14(10)11-4-6-12(7-5-11)18-15(22)16(2,3)9-17/h4-7,10H,8-9H2,1-3H3,(H,18,22)(H,19,21). The van der Waals surface area contributed by atoms with Crippen LogP contribution in [-0.4, -0.2) is 22.9 Å². The summed E-state index contributed by atoms with van der Waals surface area (Å²) in [6.45, 7) is 5.74. The number of hydrogen-bond acceptors (Lipinski definition) is 3. The van der Waals surface area contributed by atoms with Crippen LogP contribution in [0.4, 0.5) is 5.69 Å². The second-order valence-corrected chi connectivity index (χ2v) is 6.75. The average molecular weight is 366 g/mol. The molecule has 0 aliphatic carbocycles. The predicted octanol–water partition coefficient (Wildman–Crippen LogP) is 2.91. The van der Waals surface area contributed by atoms with Crippen LogP contribution >= 0.6 is 15.9 Å². The van der Waals surface area contributed by atoms with Crippen LogP contribution < -0.4 is 10.7 Å². The van der Waals surface area contributed by atoms with Crippen molar-refractivity contribution in [1.29, 1.82) is 0 Å². The van der Waals surface area contributed by atoms with E-state index in [2.05, 4.69) is 31.8 Å². The van der Waals surface area contributed by atoms with Crippen LogP contribution in [0.25, 0.3) is 0 Å². The van der Waals surface area contributed by atoms with Crippen LogP contribution in [0.1, 0.15) is 32.8 Å². The molecule has 1 aromatic rings. The number of halogens is 1. The maximum atomic E-state index is 12.1. The molecule has 1 aliphatic rings. The summed E-state index contributed by atoms with van der Waals surface area (Å²) in [6.07, 6.45) is 0.441. The van der Waals surface area contributed by atoms with Gasteiger partial charge in [-0.1, -0.05) is 48.8 Å². The largest absolute Gasteiger partial charge is 0.326 e. The number of hydrogen-bond donors (Lipinski definition) is 2. The Bertz CT molecular complexity index is 608. The van der Waals surface area contributed by atoms with Gasteiger partial charge in [-0.2, -0.15) is 5.10 Å². The molecule has 0 bridgehead atoms. The van der Waals surface area contributed by atoms with Crippen LogP contribution in [-0.2, 0) is 9.59 Å². The molecule has 1 unspecified atom stereocenters. The Kier molecular flexibility index (Phi) is 5.01. The number of carbonyl (C=O) groups is 2. The van der Waals surface area contributed by atoms with Crippen molar-refractivity contribution in [1.82, 2.24) is 5.43 Å². The Balaban J connectivity index is 2.11. The van der Waals surface area contributed by atoms with E-state index in [0.29, 0.717) is 11.8 Å². The van der Waals surface area contributed by atoms with Gasteiger partial charge in [-0.05, 0) is 17.7 Å². The van der Waals surface area contributed by atoms with Crippen molar-refractivity contribution < 1.29 is 9.59 Å². The van der Waals surface area contributed by atoms with E-state index in [9.17, 15) is 9.59 Å². The topological polar surface area (TPSA) is 70.6 Å². The van der Waals surface area contributed by atoms with E-state index in [4.69, 9.17) is 0 Å². The van der Waals surface area contributed by atoms with Gasteiger partial charge in [0.05, 0.1) is 11.1 Å². The molecule has 0 radical (unpaired) electrons. The SMILES string of the molecule is CC1CC(=O)NN=C1c1ccc(NC(=O)C(C)(C)CBr)cc1. The zero-order valence-corrected chi connectivity index (χ0v) is 14.5. The molecule has 2 N–H and O–H groups in total. The lowest BCUT2D eigenvalue weighted by atomic mass is 9.93. The molecule has 1 aliphatic heterocycles. The number of amides is 2. The summed E-state index contributed by atoms with van der Waals surface area (Å²) in [7, 11) is 0. The van der Waals surface area contributed by atoms with E-state index in [0.717, 1.165) is 17.0 Å². The van der Waals surface area contributed by atoms with Gasteiger partial charge in [0.1, 0.15) is 0 Å². The van der Waals surface area contributed by atoms with Gasteiger partial charge in [0.15, 0.2) is 0 Å². The highest BCUT2D eigenvalue weighted by Crippen LogP contribution is 2.22. The van der Waals surface area contributed by atoms with E-state index >= 15 is 0 Å². The lowest BCUT2D eigenvalue weighted by Crippen LogP contribution is -2.32. The first kappa shape index (κ1) is 16.7. The summed E-state index contributed by atoms with van der Waals surface area (Å²) in [4.78, 5) is 23.4. The van der Waals surface area contributed by atoms with Crippen LogP contribution in [0.3, 0.4) is 0 Å². The number of benzene rings is 1. The smallest absolute Gasteiger partial charge is 0.240 e. The molecule has 0 saturated carbocycles. The highest BCUT2D eigenvalue weighted by Gasteiger charge is 2.26. The summed E-state index contributed by atoms with van der Waals surface area (Å²) in [5.74, 6) is -0.00794. The van der Waals surface area contributed by atoms with E-state index in [1.165, 1.54) is 0 Å². The van der Waals surface area contributed by atoms with Crippen molar-refractivity contribution >= 4 is 39.1 Å². The third kappa shape index (κ3) is 3.74. The zero-order chi connectivity index (χ0) is 16.3. The minimum Gasteiger partial charge on any atom is -0.326 e. The van der Waals surface area contributed by atoms with Crippen molar-refractivity contribution in [2.45, 2.75) is 27.2 Å². The van der Waals surface area contributed by atoms with Crippen LogP contribution in [0.15, 0.2) is 29.4 Å². The number of nitrogens with one attached hydrogen (secondary N) is 2. The predicted molar refractivity (Wildman–Crippen MR) is 91.1 cm³/mol. The number of nitrogens with zero attached hydrogens (tertiary/aromatic N) is 1. The van der Waals surface area contributed by atoms with Crippen molar-refractivity contribution in [3.05, 3.63) is 29.8 Å². The van der Waals surface area contributed by atoms with Gasteiger partial charge in [-0.25, -0.2) is 5.43 Å². The average Bonchev–Trinajstić information content (AvgIpc) is 2.48. The van der Waals surface area contributed by atoms with Crippen molar-refractivity contribution in [3.63, 3.8) is 0 Å². The molecule has 1 atom stereocenters. The molecule has 22 heavy (non-hydrogen) atoms. The fourth-order valence-electron chi connectivity index (χ4n) is 2.09. The quantitative estimate of drug-likeness (QED) is 0.805. The molecular formula is C16H20BrN3O2. The van der Waals surface area contributed by atoms with E-state index in [1.54, 1.807) is 0 Å². The minimum absolute atomic E-state index is 0.0345. The second-order valence-electron chi connectivity index (χ2n) is 6.19. The maximum absolute atomic E-state index is 12.1. The number of alkyl halides is 1. The molecular weight excluding hydrogens is 346 g/mol. The molecule has 1 aromatic carbocycles. The fraction of sp³-hybridized carbons (Fsp3) is 0.438. The minimum atomic E-state index is -0.467. The van der Waals surface area contributed by atoms with Crippen LogP contribution in [0, 0.1) is 11.3 Å². The van der Waals surface area contributed by atoms with Gasteiger partial charge in [0, 0.05) is 23.4 Å². The monoisotopic (exact) mass is 365 g/mol. The Morgan fingerprint density at radius 1 is 1.41 bits per heavy atom. The molecule has 0 aromatic heterocycles. The first-order valence-corrected chi connectivity index (χ1v) is 8.30. The molecule has 0 saturated heterocycles. The molecule has 1 heterocycles. The lowest BCUT2D eigenvalue weighted by Gasteiger charge is -2.21. The van der Waals surface area contributed by atoms with Crippen LogP contribution in [0.5, 0.6) is 0 Å². The third-order valence-corrected chi connectivity index (χ3v) is 5.05. The Morgan fingerprint density at radius 3 is 2.59 bits per heavy atom.